The third-order valence-electron chi connectivity index (χ3n) is 13.3. The lowest BCUT2D eigenvalue weighted by molar-refractivity contribution is -0.342. The number of fused-ring (bicyclic) bond motifs is 5. The molecule has 3 saturated carbocycles. The summed E-state index contributed by atoms with van der Waals surface area (Å²) in [5, 5.41) is 51.1. The Balaban J connectivity index is 0.971. The van der Waals surface area contributed by atoms with Crippen LogP contribution in [0.2, 0.25) is 0 Å². The lowest BCUT2D eigenvalue weighted by atomic mass is 9.46. The molecule has 4 aliphatic carbocycles. The third kappa shape index (κ3) is 5.51. The number of aliphatic hydroxyl groups is 5. The van der Waals surface area contributed by atoms with Gasteiger partial charge in [0.15, 0.2) is 12.6 Å². The van der Waals surface area contributed by atoms with Gasteiger partial charge in [0.1, 0.15) is 37.1 Å². The van der Waals surface area contributed by atoms with E-state index in [0.29, 0.717) is 30.3 Å². The summed E-state index contributed by atoms with van der Waals surface area (Å²) in [6.07, 6.45) is 3.01. The normalized spacial score (nSPS) is 52.2. The van der Waals surface area contributed by atoms with Crippen LogP contribution in [0.3, 0.4) is 0 Å². The van der Waals surface area contributed by atoms with Crippen molar-refractivity contribution in [3.05, 3.63) is 23.3 Å². The number of carbonyl (C=O) groups is 1. The topological polar surface area (TPSA) is 164 Å². The first kappa shape index (κ1) is 33.1. The first-order valence-corrected chi connectivity index (χ1v) is 17.5. The van der Waals surface area contributed by atoms with Gasteiger partial charge in [-0.2, -0.15) is 0 Å². The Bertz CT molecular complexity index is 1210. The van der Waals surface area contributed by atoms with E-state index in [0.717, 1.165) is 25.7 Å². The van der Waals surface area contributed by atoms with E-state index in [2.05, 4.69) is 19.9 Å². The van der Waals surface area contributed by atoms with Crippen LogP contribution < -0.4 is 0 Å². The smallest absolute Gasteiger partial charge is 0.331 e. The van der Waals surface area contributed by atoms with E-state index in [1.54, 1.807) is 13.0 Å². The number of esters is 1. The van der Waals surface area contributed by atoms with Crippen LogP contribution in [0.25, 0.3) is 0 Å². The van der Waals surface area contributed by atoms with Gasteiger partial charge in [0.05, 0.1) is 24.9 Å². The summed E-state index contributed by atoms with van der Waals surface area (Å²) < 4.78 is 29.2. The Morgan fingerprint density at radius 1 is 0.935 bits per heavy atom. The molecule has 0 amide bonds. The molecule has 46 heavy (non-hydrogen) atoms. The fraction of sp³-hybridized carbons (Fsp3) is 0.857. The predicted molar refractivity (Wildman–Crippen MR) is 163 cm³/mol. The highest BCUT2D eigenvalue weighted by atomic mass is 16.7. The fourth-order valence-corrected chi connectivity index (χ4v) is 10.8. The number of aliphatic hydroxyl groups excluding tert-OH is 5. The molecular formula is C35H52O11. The van der Waals surface area contributed by atoms with Crippen molar-refractivity contribution in [2.24, 2.45) is 34.5 Å². The molecule has 0 aromatic rings. The highest BCUT2D eigenvalue weighted by molar-refractivity contribution is 5.85. The average Bonchev–Trinajstić information content (AvgIpc) is 3.61. The molecule has 0 spiro atoms. The third-order valence-corrected chi connectivity index (χ3v) is 13.3. The van der Waals surface area contributed by atoms with Gasteiger partial charge in [-0.25, -0.2) is 4.79 Å². The Hall–Kier alpha value is -1.41. The van der Waals surface area contributed by atoms with Crippen LogP contribution >= 0.6 is 0 Å². The maximum atomic E-state index is 11.8. The van der Waals surface area contributed by atoms with Gasteiger partial charge in [0.2, 0.25) is 0 Å². The van der Waals surface area contributed by atoms with Gasteiger partial charge in [-0.3, -0.25) is 0 Å². The summed E-state index contributed by atoms with van der Waals surface area (Å²) in [5.41, 5.74) is 3.09. The molecular weight excluding hydrogens is 596 g/mol. The second kappa shape index (κ2) is 12.5. The van der Waals surface area contributed by atoms with Crippen molar-refractivity contribution < 1.29 is 54.0 Å². The highest BCUT2D eigenvalue weighted by Crippen LogP contribution is 2.67. The minimum absolute atomic E-state index is 0.108. The average molecular weight is 649 g/mol. The Labute approximate surface area is 270 Å². The molecule has 258 valence electrons. The van der Waals surface area contributed by atoms with Gasteiger partial charge < -0.3 is 49.2 Å². The number of rotatable bonds is 6. The Morgan fingerprint density at radius 2 is 1.74 bits per heavy atom. The lowest BCUT2D eigenvalue weighted by Crippen LogP contribution is -2.61. The SMILES string of the molecule is CC1OC(OC2C=C3CCC4C(CCC5(C)C(C6=CC(=O)OC6)CCC45)C3(C)CC2)CC(O)C1OC1OC(CO)C(O)C(O)C1O. The molecule has 7 aliphatic rings. The molecule has 16 unspecified atom stereocenters. The zero-order valence-electron chi connectivity index (χ0n) is 27.2. The van der Waals surface area contributed by atoms with Crippen molar-refractivity contribution in [2.75, 3.05) is 13.2 Å². The van der Waals surface area contributed by atoms with E-state index in [-0.39, 0.29) is 29.3 Å². The molecule has 3 aliphatic heterocycles. The zero-order chi connectivity index (χ0) is 32.5. The van der Waals surface area contributed by atoms with Gasteiger partial charge in [-0.1, -0.05) is 25.5 Å². The van der Waals surface area contributed by atoms with Gasteiger partial charge in [0, 0.05) is 12.5 Å². The first-order valence-electron chi connectivity index (χ1n) is 17.5. The maximum Gasteiger partial charge on any atom is 0.331 e. The highest BCUT2D eigenvalue weighted by Gasteiger charge is 2.60. The quantitative estimate of drug-likeness (QED) is 0.212. The monoisotopic (exact) mass is 648 g/mol. The van der Waals surface area contributed by atoms with E-state index in [4.69, 9.17) is 23.7 Å². The first-order chi connectivity index (χ1) is 21.9. The van der Waals surface area contributed by atoms with Crippen molar-refractivity contribution in [1.82, 2.24) is 0 Å². The standard InChI is InChI=1S/C35H52O11/c1-17-32(46-33-31(41)30(40)29(39)26(15-36)45-33)25(37)14-28(43-17)44-20-8-10-34(2)19(13-20)4-5-21-23-7-6-22(18-12-27(38)42-16-18)35(23,3)11-9-24(21)34/h12-13,17,20-26,28-33,36-37,39-41H,4-11,14-16H2,1-3H3. The Morgan fingerprint density at radius 3 is 2.46 bits per heavy atom. The number of cyclic esters (lactones) is 1. The zero-order valence-corrected chi connectivity index (χ0v) is 27.2. The maximum absolute atomic E-state index is 11.8. The van der Waals surface area contributed by atoms with Gasteiger partial charge in [-0.05, 0) is 98.4 Å². The van der Waals surface area contributed by atoms with Crippen LogP contribution in [0.4, 0.5) is 0 Å². The molecule has 0 bridgehead atoms. The van der Waals surface area contributed by atoms with Crippen LogP contribution in [0.1, 0.15) is 78.6 Å². The van der Waals surface area contributed by atoms with Crippen molar-refractivity contribution in [2.45, 2.75) is 140 Å². The van der Waals surface area contributed by atoms with Gasteiger partial charge in [-0.15, -0.1) is 0 Å². The summed E-state index contributed by atoms with van der Waals surface area (Å²) in [6.45, 7) is 6.61. The minimum Gasteiger partial charge on any atom is -0.458 e. The lowest BCUT2D eigenvalue weighted by Gasteiger charge is -2.58. The number of carbonyl (C=O) groups excluding carboxylic acids is 1. The second-order valence-corrected chi connectivity index (χ2v) is 15.6. The summed E-state index contributed by atoms with van der Waals surface area (Å²) in [6, 6.07) is 0. The summed E-state index contributed by atoms with van der Waals surface area (Å²) in [5.74, 6) is 2.29. The van der Waals surface area contributed by atoms with Crippen LogP contribution in [0.15, 0.2) is 23.3 Å². The summed E-state index contributed by atoms with van der Waals surface area (Å²) in [7, 11) is 0. The van der Waals surface area contributed by atoms with Crippen LogP contribution in [-0.4, -0.2) is 106 Å². The molecule has 11 nitrogen and oxygen atoms in total. The number of hydrogen-bond acceptors (Lipinski definition) is 11. The number of allylic oxidation sites excluding steroid dienone is 1. The van der Waals surface area contributed by atoms with Gasteiger partial charge >= 0.3 is 5.97 Å². The largest absolute Gasteiger partial charge is 0.458 e. The molecule has 7 rings (SSSR count). The fourth-order valence-electron chi connectivity index (χ4n) is 10.8. The predicted octanol–water partition coefficient (Wildman–Crippen LogP) is 2.11. The van der Waals surface area contributed by atoms with E-state index in [9.17, 15) is 30.3 Å². The van der Waals surface area contributed by atoms with Crippen LogP contribution in [-0.2, 0) is 28.5 Å². The molecule has 5 N–H and O–H groups in total. The van der Waals surface area contributed by atoms with E-state index in [1.807, 2.05) is 0 Å². The van der Waals surface area contributed by atoms with Crippen molar-refractivity contribution >= 4 is 5.97 Å². The Kier molecular flexibility index (Phi) is 8.98. The molecule has 2 saturated heterocycles. The summed E-state index contributed by atoms with van der Waals surface area (Å²) >= 11 is 0. The molecule has 0 aromatic carbocycles. The molecule has 5 fully saturated rings. The van der Waals surface area contributed by atoms with Crippen LogP contribution in [0, 0.1) is 34.5 Å². The number of ether oxygens (including phenoxy) is 5. The molecule has 3 heterocycles. The molecule has 0 aromatic heterocycles. The van der Waals surface area contributed by atoms with E-state index >= 15 is 0 Å². The second-order valence-electron chi connectivity index (χ2n) is 15.6. The van der Waals surface area contributed by atoms with E-state index in [1.165, 1.54) is 36.8 Å². The number of hydrogen-bond donors (Lipinski definition) is 5. The molecule has 0 radical (unpaired) electrons. The van der Waals surface area contributed by atoms with Crippen LogP contribution in [0.5, 0.6) is 0 Å². The minimum atomic E-state index is -1.56. The van der Waals surface area contributed by atoms with E-state index < -0.39 is 61.9 Å². The van der Waals surface area contributed by atoms with Crippen molar-refractivity contribution in [1.29, 1.82) is 0 Å². The van der Waals surface area contributed by atoms with Crippen molar-refractivity contribution in [3.63, 3.8) is 0 Å². The van der Waals surface area contributed by atoms with Crippen molar-refractivity contribution in [3.8, 4) is 0 Å². The molecule has 11 heteroatoms. The molecule has 16 atom stereocenters. The summed E-state index contributed by atoms with van der Waals surface area (Å²) in [4.78, 5) is 11.8. The van der Waals surface area contributed by atoms with Gasteiger partial charge in [0.25, 0.3) is 0 Å².